The van der Waals surface area contributed by atoms with Crippen LogP contribution in [-0.2, 0) is 17.8 Å². The fourth-order valence-electron chi connectivity index (χ4n) is 1.89. The van der Waals surface area contributed by atoms with Crippen molar-refractivity contribution in [3.8, 4) is 5.75 Å². The summed E-state index contributed by atoms with van der Waals surface area (Å²) in [6.45, 7) is 1.89. The topological polar surface area (TPSA) is 26.3 Å². The lowest BCUT2D eigenvalue weighted by molar-refractivity contribution is -0.116. The Balaban J connectivity index is 1.94. The van der Waals surface area contributed by atoms with Crippen LogP contribution >= 0.6 is 15.9 Å². The summed E-state index contributed by atoms with van der Waals surface area (Å²) in [6.07, 6.45) is 1.29. The highest BCUT2D eigenvalue weighted by atomic mass is 79.9. The van der Waals surface area contributed by atoms with E-state index in [1.807, 2.05) is 30.3 Å². The number of carbonyl (C=O) groups is 1. The van der Waals surface area contributed by atoms with E-state index in [9.17, 15) is 9.18 Å². The third kappa shape index (κ3) is 4.67. The molecule has 0 amide bonds. The van der Waals surface area contributed by atoms with Gasteiger partial charge in [0.1, 0.15) is 24.0 Å². The first-order valence-corrected chi connectivity index (χ1v) is 7.49. The number of aryl methyl sites for hydroxylation is 1. The van der Waals surface area contributed by atoms with Crippen molar-refractivity contribution in [3.63, 3.8) is 0 Å². The zero-order valence-corrected chi connectivity index (χ0v) is 13.3. The van der Waals surface area contributed by atoms with Crippen molar-refractivity contribution in [1.82, 2.24) is 0 Å². The van der Waals surface area contributed by atoms with Gasteiger partial charge < -0.3 is 9.53 Å². The van der Waals surface area contributed by atoms with E-state index in [0.717, 1.165) is 23.3 Å². The van der Waals surface area contributed by atoms with Crippen LogP contribution in [0.2, 0.25) is 0 Å². The van der Waals surface area contributed by atoms with E-state index < -0.39 is 0 Å². The lowest BCUT2D eigenvalue weighted by Gasteiger charge is -2.09. The fraction of sp³-hybridized carbons (Fsp3) is 0.235. The molecule has 0 unspecified atom stereocenters. The molecule has 0 saturated carbocycles. The van der Waals surface area contributed by atoms with Crippen LogP contribution in [0.15, 0.2) is 46.9 Å². The van der Waals surface area contributed by atoms with Gasteiger partial charge in [-0.05, 0) is 53.0 Å². The van der Waals surface area contributed by atoms with Crippen molar-refractivity contribution < 1.29 is 13.9 Å². The molecule has 0 spiro atoms. The monoisotopic (exact) mass is 350 g/mol. The summed E-state index contributed by atoms with van der Waals surface area (Å²) < 4.78 is 19.5. The normalized spacial score (nSPS) is 10.4. The Morgan fingerprint density at radius 3 is 2.57 bits per heavy atom. The molecule has 110 valence electrons. The van der Waals surface area contributed by atoms with Crippen molar-refractivity contribution in [2.75, 3.05) is 0 Å². The van der Waals surface area contributed by atoms with Gasteiger partial charge in [0.25, 0.3) is 0 Å². The van der Waals surface area contributed by atoms with E-state index in [2.05, 4.69) is 15.9 Å². The van der Waals surface area contributed by atoms with E-state index in [0.29, 0.717) is 17.5 Å². The minimum absolute atomic E-state index is 0.186. The largest absolute Gasteiger partial charge is 0.489 e. The molecular formula is C17H16BrFO2. The van der Waals surface area contributed by atoms with Gasteiger partial charge in [0, 0.05) is 12.0 Å². The minimum atomic E-state index is -0.296. The van der Waals surface area contributed by atoms with Gasteiger partial charge in [-0.15, -0.1) is 0 Å². The maximum atomic E-state index is 13.4. The Kier molecular flexibility index (Phi) is 5.51. The summed E-state index contributed by atoms with van der Waals surface area (Å²) >= 11 is 3.21. The van der Waals surface area contributed by atoms with Crippen molar-refractivity contribution in [2.45, 2.75) is 26.4 Å². The number of rotatable bonds is 6. The van der Waals surface area contributed by atoms with Gasteiger partial charge in [-0.25, -0.2) is 4.39 Å². The molecular weight excluding hydrogens is 335 g/mol. The molecule has 0 N–H and O–H groups in total. The van der Waals surface area contributed by atoms with Crippen LogP contribution < -0.4 is 4.74 Å². The molecule has 21 heavy (non-hydrogen) atoms. The lowest BCUT2D eigenvalue weighted by Crippen LogP contribution is -1.98. The van der Waals surface area contributed by atoms with E-state index in [1.54, 1.807) is 13.0 Å². The summed E-state index contributed by atoms with van der Waals surface area (Å²) in [7, 11) is 0. The SMILES string of the molecule is CC(=O)CCc1ccc(OCc2cccc(F)c2Br)cc1. The van der Waals surface area contributed by atoms with Crippen LogP contribution in [0.25, 0.3) is 0 Å². The van der Waals surface area contributed by atoms with Gasteiger partial charge in [0.05, 0.1) is 4.47 Å². The molecule has 0 fully saturated rings. The van der Waals surface area contributed by atoms with E-state index in [1.165, 1.54) is 6.07 Å². The van der Waals surface area contributed by atoms with Crippen LogP contribution in [0.1, 0.15) is 24.5 Å². The third-order valence-electron chi connectivity index (χ3n) is 3.11. The maximum absolute atomic E-state index is 13.4. The van der Waals surface area contributed by atoms with Crippen LogP contribution in [0.5, 0.6) is 5.75 Å². The second kappa shape index (κ2) is 7.36. The highest BCUT2D eigenvalue weighted by Gasteiger charge is 2.06. The summed E-state index contributed by atoms with van der Waals surface area (Å²) in [6, 6.07) is 12.5. The van der Waals surface area contributed by atoms with Crippen molar-refractivity contribution in [3.05, 3.63) is 63.9 Å². The standard InChI is InChI=1S/C17H16BrFO2/c1-12(20)5-6-13-7-9-15(10-8-13)21-11-14-3-2-4-16(19)17(14)18/h2-4,7-10H,5-6,11H2,1H3. The molecule has 2 rings (SSSR count). The Morgan fingerprint density at radius 1 is 1.19 bits per heavy atom. The summed E-state index contributed by atoms with van der Waals surface area (Å²) in [5.74, 6) is 0.611. The quantitative estimate of drug-likeness (QED) is 0.755. The van der Waals surface area contributed by atoms with Crippen LogP contribution in [0.3, 0.4) is 0 Å². The Hall–Kier alpha value is -1.68. The van der Waals surface area contributed by atoms with Crippen LogP contribution in [0, 0.1) is 5.82 Å². The number of hydrogen-bond acceptors (Lipinski definition) is 2. The maximum Gasteiger partial charge on any atom is 0.137 e. The molecule has 0 saturated heterocycles. The second-order valence-corrected chi connectivity index (χ2v) is 5.64. The first-order valence-electron chi connectivity index (χ1n) is 6.70. The summed E-state index contributed by atoms with van der Waals surface area (Å²) in [4.78, 5) is 10.9. The van der Waals surface area contributed by atoms with Gasteiger partial charge in [-0.2, -0.15) is 0 Å². The molecule has 2 nitrogen and oxygen atoms in total. The van der Waals surface area contributed by atoms with Crippen LogP contribution in [-0.4, -0.2) is 5.78 Å². The molecule has 2 aromatic rings. The molecule has 0 bridgehead atoms. The fourth-order valence-corrected chi connectivity index (χ4v) is 2.27. The average Bonchev–Trinajstić information content (AvgIpc) is 2.48. The number of ketones is 1. The Labute approximate surface area is 132 Å². The van der Waals surface area contributed by atoms with E-state index in [4.69, 9.17) is 4.74 Å². The van der Waals surface area contributed by atoms with Gasteiger partial charge in [0.15, 0.2) is 0 Å². The second-order valence-electron chi connectivity index (χ2n) is 4.85. The first-order chi connectivity index (χ1) is 10.1. The predicted molar refractivity (Wildman–Crippen MR) is 83.9 cm³/mol. The summed E-state index contributed by atoms with van der Waals surface area (Å²) in [5.41, 5.74) is 1.86. The average molecular weight is 351 g/mol. The highest BCUT2D eigenvalue weighted by molar-refractivity contribution is 9.10. The minimum Gasteiger partial charge on any atom is -0.489 e. The van der Waals surface area contributed by atoms with Gasteiger partial charge in [0.2, 0.25) is 0 Å². The lowest BCUT2D eigenvalue weighted by atomic mass is 10.1. The number of Topliss-reactive ketones (excluding diaryl/α,β-unsaturated/α-hetero) is 1. The van der Waals surface area contributed by atoms with E-state index >= 15 is 0 Å². The molecule has 0 aromatic heterocycles. The Morgan fingerprint density at radius 2 is 1.90 bits per heavy atom. The molecule has 0 radical (unpaired) electrons. The molecule has 2 aromatic carbocycles. The van der Waals surface area contributed by atoms with Crippen molar-refractivity contribution in [2.24, 2.45) is 0 Å². The molecule has 0 atom stereocenters. The molecule has 4 heteroatoms. The Bertz CT molecular complexity index is 623. The zero-order chi connectivity index (χ0) is 15.2. The number of benzene rings is 2. The smallest absolute Gasteiger partial charge is 0.137 e. The number of hydrogen-bond donors (Lipinski definition) is 0. The van der Waals surface area contributed by atoms with Crippen LogP contribution in [0.4, 0.5) is 4.39 Å². The van der Waals surface area contributed by atoms with Gasteiger partial charge in [-0.1, -0.05) is 24.3 Å². The summed E-state index contributed by atoms with van der Waals surface area (Å²) in [5, 5.41) is 0. The zero-order valence-electron chi connectivity index (χ0n) is 11.7. The molecule has 0 aliphatic heterocycles. The molecule has 0 heterocycles. The first kappa shape index (κ1) is 15.7. The highest BCUT2D eigenvalue weighted by Crippen LogP contribution is 2.22. The number of halogens is 2. The van der Waals surface area contributed by atoms with Crippen molar-refractivity contribution in [1.29, 1.82) is 0 Å². The van der Waals surface area contributed by atoms with E-state index in [-0.39, 0.29) is 11.6 Å². The van der Waals surface area contributed by atoms with Crippen molar-refractivity contribution >= 4 is 21.7 Å². The van der Waals surface area contributed by atoms with Gasteiger partial charge >= 0.3 is 0 Å². The predicted octanol–water partition coefficient (Wildman–Crippen LogP) is 4.69. The molecule has 0 aliphatic carbocycles. The molecule has 0 aliphatic rings. The van der Waals surface area contributed by atoms with Gasteiger partial charge in [-0.3, -0.25) is 0 Å². The third-order valence-corrected chi connectivity index (χ3v) is 4.00. The number of carbonyl (C=O) groups excluding carboxylic acids is 1. The number of ether oxygens (including phenoxy) is 1.